The minimum Gasteiger partial charge on any atom is -0.305 e. The number of rotatable bonds is 4. The van der Waals surface area contributed by atoms with Crippen molar-refractivity contribution >= 4 is 0 Å². The molecule has 0 radical (unpaired) electrons. The van der Waals surface area contributed by atoms with Crippen molar-refractivity contribution in [2.75, 3.05) is 13.1 Å². The van der Waals surface area contributed by atoms with E-state index in [9.17, 15) is 0 Å². The normalized spacial score (nSPS) is 24.1. The van der Waals surface area contributed by atoms with Gasteiger partial charge in [0.2, 0.25) is 0 Å². The molecule has 1 fully saturated rings. The largest absolute Gasteiger partial charge is 0.305 e. The van der Waals surface area contributed by atoms with Crippen LogP contribution in [0.3, 0.4) is 0 Å². The van der Waals surface area contributed by atoms with Crippen LogP contribution in [0.2, 0.25) is 0 Å². The maximum atomic E-state index is 4.21. The molecular formula is C13H25N5. The van der Waals surface area contributed by atoms with E-state index >= 15 is 0 Å². The van der Waals surface area contributed by atoms with Gasteiger partial charge in [-0.3, -0.25) is 5.10 Å². The fraction of sp³-hybridized carbons (Fsp3) is 0.846. The van der Waals surface area contributed by atoms with Gasteiger partial charge in [-0.05, 0) is 53.1 Å². The number of nitrogens with zero attached hydrogens (tertiary/aromatic N) is 3. The maximum absolute atomic E-state index is 4.21. The second-order valence-electron chi connectivity index (χ2n) is 5.52. The third kappa shape index (κ3) is 3.53. The first-order chi connectivity index (χ1) is 8.66. The number of hydrogen-bond acceptors (Lipinski definition) is 4. The van der Waals surface area contributed by atoms with Gasteiger partial charge in [0.05, 0.1) is 6.04 Å². The van der Waals surface area contributed by atoms with Crippen LogP contribution in [0.5, 0.6) is 0 Å². The lowest BCUT2D eigenvalue weighted by molar-refractivity contribution is 0.228. The van der Waals surface area contributed by atoms with Gasteiger partial charge in [0.1, 0.15) is 12.2 Å². The molecule has 2 atom stereocenters. The summed E-state index contributed by atoms with van der Waals surface area (Å²) in [6.45, 7) is 9.13. The minimum absolute atomic E-state index is 0.253. The highest BCUT2D eigenvalue weighted by Gasteiger charge is 2.20. The zero-order valence-electron chi connectivity index (χ0n) is 11.7. The van der Waals surface area contributed by atoms with Gasteiger partial charge in [0.25, 0.3) is 0 Å². The quantitative estimate of drug-likeness (QED) is 0.855. The van der Waals surface area contributed by atoms with Crippen molar-refractivity contribution in [1.82, 2.24) is 25.4 Å². The second-order valence-corrected chi connectivity index (χ2v) is 5.52. The summed E-state index contributed by atoms with van der Waals surface area (Å²) >= 11 is 0. The smallest absolute Gasteiger partial charge is 0.141 e. The zero-order chi connectivity index (χ0) is 13.0. The second kappa shape index (κ2) is 6.29. The number of hydrogen-bond donors (Lipinski definition) is 2. The fourth-order valence-corrected chi connectivity index (χ4v) is 2.66. The van der Waals surface area contributed by atoms with Gasteiger partial charge < -0.3 is 10.2 Å². The van der Waals surface area contributed by atoms with Gasteiger partial charge in [-0.25, -0.2) is 4.98 Å². The van der Waals surface area contributed by atoms with Crippen LogP contribution in [0.1, 0.15) is 51.9 Å². The molecule has 1 aliphatic rings. The Labute approximate surface area is 109 Å². The summed E-state index contributed by atoms with van der Waals surface area (Å²) in [6.07, 6.45) is 5.32. The van der Waals surface area contributed by atoms with Gasteiger partial charge >= 0.3 is 0 Å². The van der Waals surface area contributed by atoms with E-state index in [4.69, 9.17) is 0 Å². The molecule has 5 nitrogen and oxygen atoms in total. The van der Waals surface area contributed by atoms with Crippen LogP contribution in [0.15, 0.2) is 6.33 Å². The van der Waals surface area contributed by atoms with E-state index < -0.39 is 0 Å². The Morgan fingerprint density at radius 3 is 2.83 bits per heavy atom. The average molecular weight is 251 g/mol. The molecule has 0 saturated carbocycles. The highest BCUT2D eigenvalue weighted by Crippen LogP contribution is 2.16. The number of nitrogens with one attached hydrogen (secondary N) is 2. The first-order valence-corrected chi connectivity index (χ1v) is 7.02. The SMILES string of the molecule is CC(NC1CCCN(C(C)C)CC1)c1ncn[nH]1. The van der Waals surface area contributed by atoms with Crippen LogP contribution in [0.25, 0.3) is 0 Å². The number of likely N-dealkylation sites (tertiary alicyclic amines) is 1. The van der Waals surface area contributed by atoms with Crippen molar-refractivity contribution in [2.24, 2.45) is 0 Å². The highest BCUT2D eigenvalue weighted by atomic mass is 15.2. The zero-order valence-corrected chi connectivity index (χ0v) is 11.7. The molecule has 1 aromatic rings. The lowest BCUT2D eigenvalue weighted by Gasteiger charge is -2.25. The van der Waals surface area contributed by atoms with Crippen LogP contribution < -0.4 is 5.32 Å². The summed E-state index contributed by atoms with van der Waals surface area (Å²) < 4.78 is 0. The van der Waals surface area contributed by atoms with E-state index in [1.807, 2.05) is 0 Å². The Hall–Kier alpha value is -0.940. The highest BCUT2D eigenvalue weighted by molar-refractivity contribution is 4.91. The minimum atomic E-state index is 0.253. The average Bonchev–Trinajstić information content (AvgIpc) is 2.77. The molecule has 0 aliphatic carbocycles. The fourth-order valence-electron chi connectivity index (χ4n) is 2.66. The van der Waals surface area contributed by atoms with Crippen LogP contribution >= 0.6 is 0 Å². The molecule has 0 spiro atoms. The van der Waals surface area contributed by atoms with Gasteiger partial charge in [-0.15, -0.1) is 0 Å². The van der Waals surface area contributed by atoms with Crippen molar-refractivity contribution in [3.63, 3.8) is 0 Å². The Morgan fingerprint density at radius 1 is 1.33 bits per heavy atom. The molecular weight excluding hydrogens is 226 g/mol. The van der Waals surface area contributed by atoms with Crippen molar-refractivity contribution in [1.29, 1.82) is 0 Å². The van der Waals surface area contributed by atoms with Gasteiger partial charge in [-0.2, -0.15) is 5.10 Å². The molecule has 1 aromatic heterocycles. The van der Waals surface area contributed by atoms with E-state index in [2.05, 4.69) is 46.2 Å². The topological polar surface area (TPSA) is 56.8 Å². The monoisotopic (exact) mass is 251 g/mol. The lowest BCUT2D eigenvalue weighted by Crippen LogP contribution is -2.35. The summed E-state index contributed by atoms with van der Waals surface area (Å²) in [5.74, 6) is 0.931. The van der Waals surface area contributed by atoms with E-state index in [0.717, 1.165) is 5.82 Å². The molecule has 2 N–H and O–H groups in total. The molecule has 0 aromatic carbocycles. The number of H-pyrrole nitrogens is 1. The standard InChI is InChI=1S/C13H25N5/c1-10(2)18-7-4-5-12(6-8-18)16-11(3)13-14-9-15-17-13/h9-12,16H,4-8H2,1-3H3,(H,14,15,17). The molecule has 0 bridgehead atoms. The van der Waals surface area contributed by atoms with Crippen molar-refractivity contribution in [3.8, 4) is 0 Å². The Bertz CT molecular complexity index is 335. The van der Waals surface area contributed by atoms with Crippen LogP contribution in [0.4, 0.5) is 0 Å². The summed E-state index contributed by atoms with van der Waals surface area (Å²) in [7, 11) is 0. The van der Waals surface area contributed by atoms with Crippen molar-refractivity contribution in [2.45, 2.75) is 58.2 Å². The van der Waals surface area contributed by atoms with E-state index in [0.29, 0.717) is 12.1 Å². The summed E-state index contributed by atoms with van der Waals surface area (Å²) in [5, 5.41) is 10.5. The van der Waals surface area contributed by atoms with Gasteiger partial charge in [0.15, 0.2) is 0 Å². The molecule has 102 valence electrons. The molecule has 1 aliphatic heterocycles. The van der Waals surface area contributed by atoms with Crippen molar-refractivity contribution in [3.05, 3.63) is 12.2 Å². The van der Waals surface area contributed by atoms with Crippen molar-refractivity contribution < 1.29 is 0 Å². The molecule has 5 heteroatoms. The first-order valence-electron chi connectivity index (χ1n) is 7.02. The summed E-state index contributed by atoms with van der Waals surface area (Å²) in [4.78, 5) is 6.78. The van der Waals surface area contributed by atoms with Crippen LogP contribution in [-0.4, -0.2) is 45.3 Å². The Balaban J connectivity index is 1.83. The summed E-state index contributed by atoms with van der Waals surface area (Å²) in [6, 6.07) is 1.51. The Morgan fingerprint density at radius 2 is 2.17 bits per heavy atom. The summed E-state index contributed by atoms with van der Waals surface area (Å²) in [5.41, 5.74) is 0. The third-order valence-electron chi connectivity index (χ3n) is 3.82. The predicted molar refractivity (Wildman–Crippen MR) is 72.3 cm³/mol. The first kappa shape index (κ1) is 13.5. The molecule has 2 heterocycles. The van der Waals surface area contributed by atoms with Gasteiger partial charge in [0, 0.05) is 12.1 Å². The third-order valence-corrected chi connectivity index (χ3v) is 3.82. The van der Waals surface area contributed by atoms with E-state index in [1.54, 1.807) is 6.33 Å². The molecule has 0 amide bonds. The van der Waals surface area contributed by atoms with E-state index in [-0.39, 0.29) is 6.04 Å². The van der Waals surface area contributed by atoms with Crippen LogP contribution in [-0.2, 0) is 0 Å². The van der Waals surface area contributed by atoms with Crippen LogP contribution in [0, 0.1) is 0 Å². The predicted octanol–water partition coefficient (Wildman–Crippen LogP) is 1.72. The number of aromatic amines is 1. The van der Waals surface area contributed by atoms with E-state index in [1.165, 1.54) is 32.4 Å². The molecule has 18 heavy (non-hydrogen) atoms. The molecule has 2 rings (SSSR count). The Kier molecular flexibility index (Phi) is 4.72. The maximum Gasteiger partial charge on any atom is 0.141 e. The number of aromatic nitrogens is 3. The van der Waals surface area contributed by atoms with Gasteiger partial charge in [-0.1, -0.05) is 0 Å². The molecule has 1 saturated heterocycles. The molecule has 2 unspecified atom stereocenters. The lowest BCUT2D eigenvalue weighted by atomic mass is 10.1.